The minimum atomic E-state index is 0.706. The van der Waals surface area contributed by atoms with Gasteiger partial charge in [0.15, 0.2) is 0 Å². The molecule has 1 aromatic rings. The molecule has 2 fully saturated rings. The molecule has 2 saturated heterocycles. The number of aromatic nitrogens is 1. The summed E-state index contributed by atoms with van der Waals surface area (Å²) in [6, 6.07) is 7.78. The van der Waals surface area contributed by atoms with Gasteiger partial charge in [-0.3, -0.25) is 4.90 Å². The topological polar surface area (TPSA) is 31.4 Å². The molecule has 0 amide bonds. The van der Waals surface area contributed by atoms with Gasteiger partial charge in [0.2, 0.25) is 0 Å². The summed E-state index contributed by atoms with van der Waals surface area (Å²) in [4.78, 5) is 9.77. The van der Waals surface area contributed by atoms with Crippen molar-refractivity contribution in [2.24, 2.45) is 0 Å². The maximum Gasteiger partial charge on any atom is 0.131 e. The minimum Gasteiger partial charge on any atom is -0.370 e. The number of hydrogen-bond acceptors (Lipinski definition) is 4. The van der Waals surface area contributed by atoms with Crippen LogP contribution in [0, 0.1) is 0 Å². The molecule has 2 atom stereocenters. The van der Waals surface area contributed by atoms with E-state index in [-0.39, 0.29) is 0 Å². The van der Waals surface area contributed by atoms with Crippen LogP contribution in [0.5, 0.6) is 0 Å². The molecule has 0 radical (unpaired) electrons. The van der Waals surface area contributed by atoms with Crippen molar-refractivity contribution in [3.05, 3.63) is 18.2 Å². The number of hydrogen-bond donors (Lipinski definition) is 1. The van der Waals surface area contributed by atoms with Crippen LogP contribution < -0.4 is 10.2 Å². The highest BCUT2D eigenvalue weighted by Gasteiger charge is 2.34. The van der Waals surface area contributed by atoms with Gasteiger partial charge in [-0.1, -0.05) is 6.07 Å². The average molecular weight is 260 g/mol. The van der Waals surface area contributed by atoms with Gasteiger partial charge in [0.05, 0.1) is 0 Å². The largest absolute Gasteiger partial charge is 0.370 e. The van der Waals surface area contributed by atoms with E-state index in [1.807, 2.05) is 6.07 Å². The van der Waals surface area contributed by atoms with Crippen LogP contribution in [-0.4, -0.2) is 48.6 Å². The first-order chi connectivity index (χ1) is 9.28. The van der Waals surface area contributed by atoms with Crippen LogP contribution in [0.1, 0.15) is 26.2 Å². The fourth-order valence-corrected chi connectivity index (χ4v) is 3.40. The molecule has 2 aliphatic rings. The normalized spacial score (nSPS) is 27.4. The SMILES string of the molecule is CCNc1cccc(N2CCC3CCC(C2)N3C)n1. The zero-order valence-corrected chi connectivity index (χ0v) is 12.0. The molecule has 19 heavy (non-hydrogen) atoms. The quantitative estimate of drug-likeness (QED) is 0.902. The fraction of sp³-hybridized carbons (Fsp3) is 0.667. The molecule has 104 valence electrons. The number of nitrogens with zero attached hydrogens (tertiary/aromatic N) is 3. The molecular weight excluding hydrogens is 236 g/mol. The van der Waals surface area contributed by atoms with E-state index >= 15 is 0 Å². The molecule has 3 rings (SSSR count). The smallest absolute Gasteiger partial charge is 0.131 e. The Kier molecular flexibility index (Phi) is 3.60. The van der Waals surface area contributed by atoms with Crippen LogP contribution in [0.3, 0.4) is 0 Å². The predicted octanol–water partition coefficient (Wildman–Crippen LogP) is 2.19. The summed E-state index contributed by atoms with van der Waals surface area (Å²) in [6.45, 7) is 5.28. The summed E-state index contributed by atoms with van der Waals surface area (Å²) in [7, 11) is 2.29. The summed E-state index contributed by atoms with van der Waals surface area (Å²) in [6.07, 6.45) is 3.98. The van der Waals surface area contributed by atoms with E-state index in [0.717, 1.165) is 37.3 Å². The van der Waals surface area contributed by atoms with E-state index in [0.29, 0.717) is 6.04 Å². The molecule has 3 heterocycles. The highest BCUT2D eigenvalue weighted by molar-refractivity contribution is 5.47. The van der Waals surface area contributed by atoms with E-state index in [2.05, 4.69) is 41.2 Å². The van der Waals surface area contributed by atoms with Crippen molar-refractivity contribution in [3.8, 4) is 0 Å². The Labute approximate surface area is 115 Å². The van der Waals surface area contributed by atoms with E-state index in [1.54, 1.807) is 0 Å². The lowest BCUT2D eigenvalue weighted by Gasteiger charge is -2.27. The third-order valence-electron chi connectivity index (χ3n) is 4.56. The standard InChI is InChI=1S/C15H24N4/c1-3-16-14-5-4-6-15(17-14)19-10-9-12-7-8-13(11-19)18(12)2/h4-6,12-13H,3,7-11H2,1-2H3,(H,16,17). The minimum absolute atomic E-state index is 0.706. The average Bonchev–Trinajstić information content (AvgIpc) is 2.64. The molecule has 2 bridgehead atoms. The van der Waals surface area contributed by atoms with Crippen LogP contribution in [0.25, 0.3) is 0 Å². The molecule has 4 heteroatoms. The molecule has 2 unspecified atom stereocenters. The summed E-state index contributed by atoms with van der Waals surface area (Å²) < 4.78 is 0. The lowest BCUT2D eigenvalue weighted by Crippen LogP contribution is -2.37. The highest BCUT2D eigenvalue weighted by atomic mass is 15.3. The molecule has 0 saturated carbocycles. The van der Waals surface area contributed by atoms with Gasteiger partial charge in [-0.2, -0.15) is 0 Å². The van der Waals surface area contributed by atoms with Gasteiger partial charge in [0, 0.05) is 31.7 Å². The second-order valence-corrected chi connectivity index (χ2v) is 5.70. The number of rotatable bonds is 3. The maximum absolute atomic E-state index is 4.73. The summed E-state index contributed by atoms with van der Waals surface area (Å²) >= 11 is 0. The van der Waals surface area contributed by atoms with Crippen molar-refractivity contribution in [2.45, 2.75) is 38.3 Å². The number of likely N-dealkylation sites (N-methyl/N-ethyl adjacent to an activating group) is 1. The van der Waals surface area contributed by atoms with Crippen molar-refractivity contribution in [1.29, 1.82) is 0 Å². The molecule has 0 spiro atoms. The third kappa shape index (κ3) is 2.54. The molecular formula is C15H24N4. The van der Waals surface area contributed by atoms with Crippen LogP contribution in [0.2, 0.25) is 0 Å². The summed E-state index contributed by atoms with van der Waals surface area (Å²) in [5, 5.41) is 3.30. The molecule has 1 N–H and O–H groups in total. The van der Waals surface area contributed by atoms with E-state index in [4.69, 9.17) is 4.98 Å². The Morgan fingerprint density at radius 1 is 1.26 bits per heavy atom. The predicted molar refractivity (Wildman–Crippen MR) is 79.8 cm³/mol. The lowest BCUT2D eigenvalue weighted by molar-refractivity contribution is 0.254. The van der Waals surface area contributed by atoms with Gasteiger partial charge >= 0.3 is 0 Å². The number of nitrogens with one attached hydrogen (secondary N) is 1. The Hall–Kier alpha value is -1.29. The zero-order chi connectivity index (χ0) is 13.2. The van der Waals surface area contributed by atoms with Crippen molar-refractivity contribution in [1.82, 2.24) is 9.88 Å². The summed E-state index contributed by atoms with van der Waals surface area (Å²) in [5.41, 5.74) is 0. The van der Waals surface area contributed by atoms with Crippen molar-refractivity contribution in [2.75, 3.05) is 36.9 Å². The van der Waals surface area contributed by atoms with Crippen LogP contribution in [0.4, 0.5) is 11.6 Å². The van der Waals surface area contributed by atoms with E-state index in [1.165, 1.54) is 19.3 Å². The summed E-state index contributed by atoms with van der Waals surface area (Å²) in [5.74, 6) is 2.11. The van der Waals surface area contributed by atoms with E-state index < -0.39 is 0 Å². The molecule has 1 aromatic heterocycles. The van der Waals surface area contributed by atoms with Gasteiger partial charge in [-0.15, -0.1) is 0 Å². The lowest BCUT2D eigenvalue weighted by atomic mass is 10.1. The first kappa shape index (κ1) is 12.7. The Bertz CT molecular complexity index is 434. The first-order valence-electron chi connectivity index (χ1n) is 7.45. The maximum atomic E-state index is 4.73. The Balaban J connectivity index is 1.77. The molecule has 0 aliphatic carbocycles. The van der Waals surface area contributed by atoms with Crippen LogP contribution in [-0.2, 0) is 0 Å². The first-order valence-corrected chi connectivity index (χ1v) is 7.45. The van der Waals surface area contributed by atoms with E-state index in [9.17, 15) is 0 Å². The second-order valence-electron chi connectivity index (χ2n) is 5.70. The molecule has 2 aliphatic heterocycles. The molecule has 0 aromatic carbocycles. The zero-order valence-electron chi connectivity index (χ0n) is 12.0. The Morgan fingerprint density at radius 2 is 2.11 bits per heavy atom. The number of fused-ring (bicyclic) bond motifs is 2. The monoisotopic (exact) mass is 260 g/mol. The van der Waals surface area contributed by atoms with Gasteiger partial charge in [0.25, 0.3) is 0 Å². The van der Waals surface area contributed by atoms with Gasteiger partial charge in [-0.05, 0) is 45.4 Å². The van der Waals surface area contributed by atoms with Crippen LogP contribution in [0.15, 0.2) is 18.2 Å². The highest BCUT2D eigenvalue weighted by Crippen LogP contribution is 2.30. The van der Waals surface area contributed by atoms with Crippen molar-refractivity contribution < 1.29 is 0 Å². The van der Waals surface area contributed by atoms with Crippen molar-refractivity contribution >= 4 is 11.6 Å². The number of pyridine rings is 1. The molecule has 4 nitrogen and oxygen atoms in total. The van der Waals surface area contributed by atoms with Gasteiger partial charge in [0.1, 0.15) is 11.6 Å². The fourth-order valence-electron chi connectivity index (χ4n) is 3.40. The van der Waals surface area contributed by atoms with Gasteiger partial charge < -0.3 is 10.2 Å². The van der Waals surface area contributed by atoms with Crippen molar-refractivity contribution in [3.63, 3.8) is 0 Å². The van der Waals surface area contributed by atoms with Crippen LogP contribution >= 0.6 is 0 Å². The number of anilines is 2. The second kappa shape index (κ2) is 5.37. The van der Waals surface area contributed by atoms with Gasteiger partial charge in [-0.25, -0.2) is 4.98 Å². The third-order valence-corrected chi connectivity index (χ3v) is 4.56. The Morgan fingerprint density at radius 3 is 2.95 bits per heavy atom.